The summed E-state index contributed by atoms with van der Waals surface area (Å²) in [6.07, 6.45) is 19.5. The first kappa shape index (κ1) is 13.2. The van der Waals surface area contributed by atoms with Gasteiger partial charge in [0, 0.05) is 0 Å². The normalized spacial score (nSPS) is 24.0. The second-order valence-corrected chi connectivity index (χ2v) is 6.94. The molecule has 0 saturated heterocycles. The molecule has 0 heteroatoms. The average molecular weight is 315 g/mol. The zero-order valence-electron chi connectivity index (χ0n) is 13.7. The third kappa shape index (κ3) is 1.57. The van der Waals surface area contributed by atoms with Gasteiger partial charge in [0.2, 0.25) is 0 Å². The van der Waals surface area contributed by atoms with Crippen LogP contribution >= 0.6 is 0 Å². The van der Waals surface area contributed by atoms with Gasteiger partial charge in [-0.1, -0.05) is 85.0 Å². The maximum atomic E-state index is 3.60. The molecule has 6 rings (SSSR count). The summed E-state index contributed by atoms with van der Waals surface area (Å²) in [4.78, 5) is 0. The molecule has 0 amide bonds. The molecular weight excluding hydrogens is 300 g/mol. The summed E-state index contributed by atoms with van der Waals surface area (Å²) in [5.74, 6) is 0. The SMILES string of the molecule is [C]1=c2ccccc2=C2C1=CC=CC21C=CC=C2C1=Cc1ccccc12. The Hall–Kier alpha value is -3.12. The highest BCUT2D eigenvalue weighted by Gasteiger charge is 2.42. The first-order chi connectivity index (χ1) is 12.4. The van der Waals surface area contributed by atoms with Crippen LogP contribution in [0.15, 0.2) is 96.1 Å². The van der Waals surface area contributed by atoms with Crippen molar-refractivity contribution in [3.63, 3.8) is 0 Å². The largest absolute Gasteiger partial charge is 0.0657 e. The minimum Gasteiger partial charge on any atom is -0.0657 e. The molecule has 0 aromatic heterocycles. The summed E-state index contributed by atoms with van der Waals surface area (Å²) in [5.41, 5.74) is 7.76. The molecule has 25 heavy (non-hydrogen) atoms. The van der Waals surface area contributed by atoms with Gasteiger partial charge in [-0.05, 0) is 56.0 Å². The zero-order chi connectivity index (χ0) is 16.4. The van der Waals surface area contributed by atoms with Gasteiger partial charge in [0.15, 0.2) is 0 Å². The van der Waals surface area contributed by atoms with Gasteiger partial charge in [-0.15, -0.1) is 0 Å². The standard InChI is InChI=1S/C25H15/c1-3-10-20-18(8-1)16-23-22(20)12-6-14-25(23)13-5-9-19-15-17-7-2-4-11-21(17)24(19)25/h1-14,16H. The fourth-order valence-corrected chi connectivity index (χ4v) is 4.63. The summed E-state index contributed by atoms with van der Waals surface area (Å²) >= 11 is 0. The summed E-state index contributed by atoms with van der Waals surface area (Å²) in [6, 6.07) is 17.3. The monoisotopic (exact) mass is 315 g/mol. The maximum absolute atomic E-state index is 3.60. The van der Waals surface area contributed by atoms with Crippen LogP contribution in [0.4, 0.5) is 0 Å². The van der Waals surface area contributed by atoms with Gasteiger partial charge in [-0.25, -0.2) is 0 Å². The Bertz CT molecular complexity index is 1220. The topological polar surface area (TPSA) is 0 Å². The second kappa shape index (κ2) is 4.49. The molecule has 0 aliphatic heterocycles. The van der Waals surface area contributed by atoms with Crippen LogP contribution in [0, 0.1) is 5.41 Å². The Morgan fingerprint density at radius 1 is 0.800 bits per heavy atom. The highest BCUT2D eigenvalue weighted by Crippen LogP contribution is 2.55. The first-order valence-electron chi connectivity index (χ1n) is 8.72. The van der Waals surface area contributed by atoms with Crippen LogP contribution < -0.4 is 10.4 Å². The molecular formula is C25H15. The minimum atomic E-state index is -0.202. The fraction of sp³-hybridized carbons (Fsp3) is 0.0400. The molecule has 0 bridgehead atoms. The van der Waals surface area contributed by atoms with Crippen LogP contribution in [0.3, 0.4) is 0 Å². The van der Waals surface area contributed by atoms with Crippen molar-refractivity contribution in [2.24, 2.45) is 5.41 Å². The van der Waals surface area contributed by atoms with Gasteiger partial charge in [0.05, 0.1) is 5.41 Å². The van der Waals surface area contributed by atoms with Crippen molar-refractivity contribution in [3.05, 3.63) is 118 Å². The van der Waals surface area contributed by atoms with Crippen molar-refractivity contribution in [1.29, 1.82) is 0 Å². The smallest absolute Gasteiger partial charge is 0.0587 e. The highest BCUT2D eigenvalue weighted by molar-refractivity contribution is 6.04. The lowest BCUT2D eigenvalue weighted by Crippen LogP contribution is -2.31. The third-order valence-corrected chi connectivity index (χ3v) is 5.68. The second-order valence-electron chi connectivity index (χ2n) is 6.94. The molecule has 115 valence electrons. The molecule has 1 unspecified atom stereocenters. The Balaban J connectivity index is 1.70. The van der Waals surface area contributed by atoms with E-state index >= 15 is 0 Å². The molecule has 2 aromatic carbocycles. The Labute approximate surface area is 146 Å². The van der Waals surface area contributed by atoms with E-state index in [0.29, 0.717) is 0 Å². The van der Waals surface area contributed by atoms with E-state index in [0.717, 1.165) is 0 Å². The van der Waals surface area contributed by atoms with Crippen LogP contribution in [-0.4, -0.2) is 0 Å². The number of benzene rings is 2. The van der Waals surface area contributed by atoms with Gasteiger partial charge in [-0.2, -0.15) is 0 Å². The number of hydrogen-bond donors (Lipinski definition) is 0. The van der Waals surface area contributed by atoms with Crippen molar-refractivity contribution in [2.45, 2.75) is 0 Å². The minimum absolute atomic E-state index is 0.202. The van der Waals surface area contributed by atoms with Gasteiger partial charge >= 0.3 is 0 Å². The van der Waals surface area contributed by atoms with Gasteiger partial charge < -0.3 is 0 Å². The van der Waals surface area contributed by atoms with Crippen LogP contribution in [0.2, 0.25) is 0 Å². The molecule has 0 saturated carbocycles. The first-order valence-corrected chi connectivity index (χ1v) is 8.72. The molecule has 0 heterocycles. The molecule has 1 radical (unpaired) electrons. The maximum Gasteiger partial charge on any atom is 0.0587 e. The fourth-order valence-electron chi connectivity index (χ4n) is 4.63. The van der Waals surface area contributed by atoms with E-state index in [1.165, 1.54) is 43.9 Å². The molecule has 1 spiro atoms. The van der Waals surface area contributed by atoms with Crippen molar-refractivity contribution < 1.29 is 0 Å². The summed E-state index contributed by atoms with van der Waals surface area (Å²) < 4.78 is 0. The summed E-state index contributed by atoms with van der Waals surface area (Å²) in [6.45, 7) is 0. The Morgan fingerprint density at radius 2 is 1.60 bits per heavy atom. The van der Waals surface area contributed by atoms with E-state index in [4.69, 9.17) is 0 Å². The van der Waals surface area contributed by atoms with Crippen molar-refractivity contribution in [2.75, 3.05) is 0 Å². The molecule has 0 N–H and O–H groups in total. The molecule has 2 aromatic rings. The number of rotatable bonds is 0. The molecule has 0 fully saturated rings. The van der Waals surface area contributed by atoms with Crippen LogP contribution in [0.5, 0.6) is 0 Å². The van der Waals surface area contributed by atoms with Crippen molar-refractivity contribution in [3.8, 4) is 0 Å². The number of fused-ring (bicyclic) bond motifs is 7. The average Bonchev–Trinajstić information content (AvgIpc) is 3.22. The van der Waals surface area contributed by atoms with E-state index in [2.05, 4.69) is 97.1 Å². The van der Waals surface area contributed by atoms with Crippen molar-refractivity contribution in [1.82, 2.24) is 0 Å². The van der Waals surface area contributed by atoms with E-state index in [9.17, 15) is 0 Å². The van der Waals surface area contributed by atoms with Gasteiger partial charge in [0.1, 0.15) is 0 Å². The zero-order valence-corrected chi connectivity index (χ0v) is 13.7. The quantitative estimate of drug-likeness (QED) is 0.688. The Morgan fingerprint density at radius 3 is 2.56 bits per heavy atom. The van der Waals surface area contributed by atoms with E-state index in [1.807, 2.05) is 0 Å². The molecule has 4 aliphatic rings. The summed E-state index contributed by atoms with van der Waals surface area (Å²) in [7, 11) is 0. The number of hydrogen-bond acceptors (Lipinski definition) is 0. The van der Waals surface area contributed by atoms with Gasteiger partial charge in [-0.3, -0.25) is 0 Å². The van der Waals surface area contributed by atoms with E-state index in [-0.39, 0.29) is 5.41 Å². The highest BCUT2D eigenvalue weighted by atomic mass is 14.4. The summed E-state index contributed by atoms with van der Waals surface area (Å²) in [5, 5.41) is 2.51. The van der Waals surface area contributed by atoms with E-state index in [1.54, 1.807) is 0 Å². The lowest BCUT2D eigenvalue weighted by atomic mass is 9.65. The number of allylic oxidation sites excluding steroid dienone is 9. The predicted octanol–water partition coefficient (Wildman–Crippen LogP) is 4.04. The van der Waals surface area contributed by atoms with Crippen LogP contribution in [0.25, 0.3) is 23.3 Å². The van der Waals surface area contributed by atoms with Gasteiger partial charge in [0.25, 0.3) is 0 Å². The third-order valence-electron chi connectivity index (χ3n) is 5.68. The van der Waals surface area contributed by atoms with E-state index < -0.39 is 0 Å². The van der Waals surface area contributed by atoms with Crippen LogP contribution in [-0.2, 0) is 0 Å². The lowest BCUT2D eigenvalue weighted by molar-refractivity contribution is 0.803. The lowest BCUT2D eigenvalue weighted by Gasteiger charge is -2.36. The Kier molecular flexibility index (Phi) is 2.37. The predicted molar refractivity (Wildman–Crippen MR) is 104 cm³/mol. The van der Waals surface area contributed by atoms with Crippen molar-refractivity contribution >= 4 is 23.3 Å². The molecule has 0 nitrogen and oxygen atoms in total. The van der Waals surface area contributed by atoms with Crippen LogP contribution in [0.1, 0.15) is 11.1 Å². The molecule has 4 aliphatic carbocycles. The molecule has 1 atom stereocenters.